The van der Waals surface area contributed by atoms with Crippen molar-refractivity contribution in [3.8, 4) is 5.75 Å². The van der Waals surface area contributed by atoms with Gasteiger partial charge in [0.1, 0.15) is 5.75 Å². The molecule has 0 aromatic carbocycles. The van der Waals surface area contributed by atoms with Crippen molar-refractivity contribution >= 4 is 11.5 Å². The predicted molar refractivity (Wildman–Crippen MR) is 53.1 cm³/mol. The number of carbonyl (C=O) groups excluding carboxylic acids is 1. The molecule has 2 aromatic heterocycles. The lowest BCUT2D eigenvalue weighted by Gasteiger charge is -2.02. The van der Waals surface area contributed by atoms with Crippen molar-refractivity contribution in [2.45, 2.75) is 0 Å². The Balaban J connectivity index is 2.61. The second kappa shape index (κ2) is 3.61. The Morgan fingerprint density at radius 3 is 2.87 bits per heavy atom. The average Bonchev–Trinajstić information content (AvgIpc) is 2.70. The Labute approximate surface area is 86.3 Å². The van der Waals surface area contributed by atoms with Gasteiger partial charge in [-0.15, -0.1) is 0 Å². The van der Waals surface area contributed by atoms with Gasteiger partial charge < -0.3 is 9.47 Å². The first-order chi connectivity index (χ1) is 7.26. The number of nitrogens with zero attached hydrogens (tertiary/aromatic N) is 2. The number of hydrogen-bond acceptors (Lipinski definition) is 4. The van der Waals surface area contributed by atoms with Crippen LogP contribution in [0.1, 0.15) is 10.6 Å². The number of fused-ring (bicyclic) bond motifs is 1. The highest BCUT2D eigenvalue weighted by atomic mass is 16.5. The van der Waals surface area contributed by atoms with Crippen LogP contribution >= 0.6 is 0 Å². The molecule has 2 aromatic rings. The highest BCUT2D eigenvalue weighted by Crippen LogP contribution is 2.14. The lowest BCUT2D eigenvalue weighted by molar-refractivity contribution is 0.0586. The normalized spacial score (nSPS) is 10.3. The minimum absolute atomic E-state index is 0.242. The Morgan fingerprint density at radius 2 is 2.20 bits per heavy atom. The summed E-state index contributed by atoms with van der Waals surface area (Å²) >= 11 is 0. The fourth-order valence-electron chi connectivity index (χ4n) is 1.33. The highest BCUT2D eigenvalue weighted by molar-refractivity contribution is 5.86. The summed E-state index contributed by atoms with van der Waals surface area (Å²) in [6.45, 7) is 0. The van der Waals surface area contributed by atoms with Crippen LogP contribution in [0.5, 0.6) is 5.75 Å². The summed E-state index contributed by atoms with van der Waals surface area (Å²) in [6, 6.07) is 3.62. The molecule has 0 atom stereocenters. The molecule has 15 heavy (non-hydrogen) atoms. The molecule has 0 unspecified atom stereocenters. The number of rotatable bonds is 2. The third kappa shape index (κ3) is 1.52. The molecule has 0 bridgehead atoms. The molecule has 0 aliphatic carbocycles. The van der Waals surface area contributed by atoms with Gasteiger partial charge in [0.05, 0.1) is 32.1 Å². The molecule has 0 aliphatic rings. The van der Waals surface area contributed by atoms with E-state index in [1.165, 1.54) is 7.11 Å². The van der Waals surface area contributed by atoms with Crippen LogP contribution in [0.3, 0.4) is 0 Å². The van der Waals surface area contributed by atoms with E-state index < -0.39 is 5.97 Å². The zero-order valence-corrected chi connectivity index (χ0v) is 8.43. The maximum absolute atomic E-state index is 11.3. The molecule has 0 aliphatic heterocycles. The molecule has 0 spiro atoms. The topological polar surface area (TPSA) is 52.8 Å². The van der Waals surface area contributed by atoms with Crippen LogP contribution < -0.4 is 4.74 Å². The first-order valence-corrected chi connectivity index (χ1v) is 4.35. The monoisotopic (exact) mass is 206 g/mol. The summed E-state index contributed by atoms with van der Waals surface area (Å²) in [5, 5.41) is 0. The van der Waals surface area contributed by atoms with E-state index in [0.717, 1.165) is 5.52 Å². The van der Waals surface area contributed by atoms with Crippen molar-refractivity contribution in [1.29, 1.82) is 0 Å². The van der Waals surface area contributed by atoms with Crippen molar-refractivity contribution < 1.29 is 14.3 Å². The second-order valence-electron chi connectivity index (χ2n) is 2.94. The summed E-state index contributed by atoms with van der Waals surface area (Å²) in [7, 11) is 2.89. The third-order valence-electron chi connectivity index (χ3n) is 2.10. The van der Waals surface area contributed by atoms with Crippen LogP contribution in [0.2, 0.25) is 0 Å². The second-order valence-corrected chi connectivity index (χ2v) is 2.94. The third-order valence-corrected chi connectivity index (χ3v) is 2.10. The quantitative estimate of drug-likeness (QED) is 0.691. The van der Waals surface area contributed by atoms with Gasteiger partial charge in [-0.1, -0.05) is 0 Å². The Morgan fingerprint density at radius 1 is 1.40 bits per heavy atom. The van der Waals surface area contributed by atoms with E-state index in [9.17, 15) is 4.79 Å². The van der Waals surface area contributed by atoms with Crippen LogP contribution in [0, 0.1) is 0 Å². The zero-order valence-electron chi connectivity index (χ0n) is 8.43. The summed E-state index contributed by atoms with van der Waals surface area (Å²) < 4.78 is 11.3. The largest absolute Gasteiger partial charge is 0.495 e. The molecule has 5 nitrogen and oxygen atoms in total. The van der Waals surface area contributed by atoms with Crippen molar-refractivity contribution in [1.82, 2.24) is 9.38 Å². The lowest BCUT2D eigenvalue weighted by atomic mass is 10.4. The van der Waals surface area contributed by atoms with Crippen LogP contribution in [0.25, 0.3) is 5.52 Å². The summed E-state index contributed by atoms with van der Waals surface area (Å²) in [5.41, 5.74) is 0.816. The summed E-state index contributed by atoms with van der Waals surface area (Å²) in [5.74, 6) is 0.431. The molecule has 0 N–H and O–H groups in total. The standard InChI is InChI=1S/C10H10N2O3/c1-14-8-4-3-7-5-11-9(10(13)15-2)12(7)6-8/h3-6H,1-2H3. The van der Waals surface area contributed by atoms with Crippen LogP contribution in [0.4, 0.5) is 0 Å². The number of carbonyl (C=O) groups is 1. The molecule has 0 saturated heterocycles. The minimum Gasteiger partial charge on any atom is -0.495 e. The zero-order chi connectivity index (χ0) is 10.8. The van der Waals surface area contributed by atoms with Crippen LogP contribution in [-0.2, 0) is 4.74 Å². The van der Waals surface area contributed by atoms with Gasteiger partial charge >= 0.3 is 5.97 Å². The van der Waals surface area contributed by atoms with Crippen LogP contribution in [-0.4, -0.2) is 29.6 Å². The SMILES string of the molecule is COC(=O)c1ncc2ccc(OC)cn12. The molecule has 0 radical (unpaired) electrons. The van der Waals surface area contributed by atoms with E-state index in [1.807, 2.05) is 6.07 Å². The predicted octanol–water partition coefficient (Wildman–Crippen LogP) is 1.13. The Bertz CT molecular complexity index is 504. The number of esters is 1. The van der Waals surface area contributed by atoms with Crippen molar-refractivity contribution in [2.24, 2.45) is 0 Å². The van der Waals surface area contributed by atoms with Gasteiger partial charge in [0, 0.05) is 0 Å². The molecule has 0 fully saturated rings. The van der Waals surface area contributed by atoms with Gasteiger partial charge in [0.15, 0.2) is 0 Å². The summed E-state index contributed by atoms with van der Waals surface area (Å²) in [4.78, 5) is 15.3. The first kappa shape index (κ1) is 9.51. The Hall–Kier alpha value is -2.04. The molecule has 0 amide bonds. The molecule has 2 heterocycles. The van der Waals surface area contributed by atoms with Crippen molar-refractivity contribution in [2.75, 3.05) is 14.2 Å². The van der Waals surface area contributed by atoms with E-state index in [4.69, 9.17) is 4.74 Å². The number of hydrogen-bond donors (Lipinski definition) is 0. The number of methoxy groups -OCH3 is 2. The van der Waals surface area contributed by atoms with Crippen molar-refractivity contribution in [3.05, 3.63) is 30.4 Å². The molecule has 5 heteroatoms. The molecule has 0 saturated carbocycles. The van der Waals surface area contributed by atoms with Gasteiger partial charge in [0.2, 0.25) is 5.82 Å². The van der Waals surface area contributed by atoms with E-state index in [0.29, 0.717) is 5.75 Å². The number of aromatic nitrogens is 2. The van der Waals surface area contributed by atoms with Crippen molar-refractivity contribution in [3.63, 3.8) is 0 Å². The van der Waals surface area contributed by atoms with Crippen LogP contribution in [0.15, 0.2) is 24.5 Å². The Kier molecular flexibility index (Phi) is 2.29. The van der Waals surface area contributed by atoms with Gasteiger partial charge in [-0.2, -0.15) is 0 Å². The summed E-state index contributed by atoms with van der Waals surface area (Å²) in [6.07, 6.45) is 3.29. The molecule has 2 rings (SSSR count). The maximum atomic E-state index is 11.3. The van der Waals surface area contributed by atoms with E-state index in [2.05, 4.69) is 9.72 Å². The van der Waals surface area contributed by atoms with Gasteiger partial charge in [-0.3, -0.25) is 4.40 Å². The molecular formula is C10H10N2O3. The highest BCUT2D eigenvalue weighted by Gasteiger charge is 2.12. The number of pyridine rings is 1. The smallest absolute Gasteiger partial charge is 0.374 e. The number of imidazole rings is 1. The lowest BCUT2D eigenvalue weighted by Crippen LogP contribution is -2.07. The molecular weight excluding hydrogens is 196 g/mol. The fourth-order valence-corrected chi connectivity index (χ4v) is 1.33. The first-order valence-electron chi connectivity index (χ1n) is 4.35. The average molecular weight is 206 g/mol. The fraction of sp³-hybridized carbons (Fsp3) is 0.200. The van der Waals surface area contributed by atoms with Gasteiger partial charge in [-0.05, 0) is 12.1 Å². The van der Waals surface area contributed by atoms with Gasteiger partial charge in [-0.25, -0.2) is 9.78 Å². The van der Waals surface area contributed by atoms with E-state index in [1.54, 1.807) is 30.0 Å². The minimum atomic E-state index is -0.469. The van der Waals surface area contributed by atoms with Gasteiger partial charge in [0.25, 0.3) is 0 Å². The number of ether oxygens (including phenoxy) is 2. The van der Waals surface area contributed by atoms with E-state index >= 15 is 0 Å². The van der Waals surface area contributed by atoms with E-state index in [-0.39, 0.29) is 5.82 Å². The maximum Gasteiger partial charge on any atom is 0.374 e. The molecule has 78 valence electrons.